The molecule has 0 saturated carbocycles. The van der Waals surface area contributed by atoms with Crippen molar-refractivity contribution in [3.8, 4) is 0 Å². The number of amides is 1. The molecule has 5 heteroatoms. The van der Waals surface area contributed by atoms with Gasteiger partial charge in [0.1, 0.15) is 0 Å². The van der Waals surface area contributed by atoms with Crippen LogP contribution in [0.15, 0.2) is 48.5 Å². The lowest BCUT2D eigenvalue weighted by Crippen LogP contribution is -2.39. The summed E-state index contributed by atoms with van der Waals surface area (Å²) in [7, 11) is 0. The normalized spacial score (nSPS) is 15.9. The Hall–Kier alpha value is -2.04. The van der Waals surface area contributed by atoms with Crippen molar-refractivity contribution in [2.24, 2.45) is 5.92 Å². The SMILES string of the molecule is Nc1cc(NC(=O)CN2CCC(Cc3ccccc3)CC2)ccc1Cl. The smallest absolute Gasteiger partial charge is 0.238 e. The van der Waals surface area contributed by atoms with Crippen LogP contribution in [0.5, 0.6) is 0 Å². The van der Waals surface area contributed by atoms with Crippen molar-refractivity contribution in [2.45, 2.75) is 19.3 Å². The van der Waals surface area contributed by atoms with Crippen molar-refractivity contribution in [3.05, 3.63) is 59.1 Å². The minimum Gasteiger partial charge on any atom is -0.397 e. The molecule has 1 saturated heterocycles. The van der Waals surface area contributed by atoms with Gasteiger partial charge in [-0.3, -0.25) is 9.69 Å². The van der Waals surface area contributed by atoms with Crippen LogP contribution in [0.25, 0.3) is 0 Å². The Labute approximate surface area is 154 Å². The predicted octanol–water partition coefficient (Wildman–Crippen LogP) is 3.82. The first-order chi connectivity index (χ1) is 12.1. The van der Waals surface area contributed by atoms with E-state index in [4.69, 9.17) is 17.3 Å². The number of rotatable bonds is 5. The number of hydrogen-bond donors (Lipinski definition) is 2. The third kappa shape index (κ3) is 5.21. The van der Waals surface area contributed by atoms with Gasteiger partial charge in [-0.05, 0) is 62.0 Å². The molecule has 4 nitrogen and oxygen atoms in total. The summed E-state index contributed by atoms with van der Waals surface area (Å²) in [5.74, 6) is 0.695. The van der Waals surface area contributed by atoms with Crippen LogP contribution < -0.4 is 11.1 Å². The monoisotopic (exact) mass is 357 g/mol. The number of piperidine rings is 1. The molecule has 0 spiro atoms. The van der Waals surface area contributed by atoms with E-state index in [1.165, 1.54) is 5.56 Å². The van der Waals surface area contributed by atoms with Crippen molar-refractivity contribution >= 4 is 28.9 Å². The zero-order valence-corrected chi connectivity index (χ0v) is 15.0. The number of anilines is 2. The van der Waals surface area contributed by atoms with Crippen LogP contribution in [0.2, 0.25) is 5.02 Å². The molecule has 0 aliphatic carbocycles. The molecule has 1 fully saturated rings. The predicted molar refractivity (Wildman–Crippen MR) is 104 cm³/mol. The second-order valence-electron chi connectivity index (χ2n) is 6.69. The summed E-state index contributed by atoms with van der Waals surface area (Å²) in [6.07, 6.45) is 3.40. The highest BCUT2D eigenvalue weighted by Crippen LogP contribution is 2.23. The van der Waals surface area contributed by atoms with E-state index in [0.717, 1.165) is 32.4 Å². The molecule has 0 atom stereocenters. The third-order valence-electron chi connectivity index (χ3n) is 4.72. The van der Waals surface area contributed by atoms with Crippen LogP contribution in [0.1, 0.15) is 18.4 Å². The number of benzene rings is 2. The molecule has 1 aliphatic rings. The van der Waals surface area contributed by atoms with Crippen LogP contribution in [0.4, 0.5) is 11.4 Å². The number of likely N-dealkylation sites (tertiary alicyclic amines) is 1. The van der Waals surface area contributed by atoms with E-state index in [1.807, 2.05) is 0 Å². The number of nitrogen functional groups attached to an aromatic ring is 1. The third-order valence-corrected chi connectivity index (χ3v) is 5.07. The minimum atomic E-state index is -0.0109. The molecule has 0 unspecified atom stereocenters. The molecule has 1 aliphatic heterocycles. The highest BCUT2D eigenvalue weighted by Gasteiger charge is 2.21. The van der Waals surface area contributed by atoms with Crippen LogP contribution in [0, 0.1) is 5.92 Å². The fourth-order valence-corrected chi connectivity index (χ4v) is 3.44. The Balaban J connectivity index is 1.43. The maximum Gasteiger partial charge on any atom is 0.238 e. The summed E-state index contributed by atoms with van der Waals surface area (Å²) >= 11 is 5.90. The van der Waals surface area contributed by atoms with E-state index in [1.54, 1.807) is 18.2 Å². The fourth-order valence-electron chi connectivity index (χ4n) is 3.32. The average Bonchev–Trinajstić information content (AvgIpc) is 2.61. The van der Waals surface area contributed by atoms with Gasteiger partial charge in [0, 0.05) is 5.69 Å². The zero-order valence-electron chi connectivity index (χ0n) is 14.2. The van der Waals surface area contributed by atoms with Gasteiger partial charge in [0.15, 0.2) is 0 Å². The topological polar surface area (TPSA) is 58.4 Å². The lowest BCUT2D eigenvalue weighted by atomic mass is 9.90. The Kier molecular flexibility index (Phi) is 5.95. The first-order valence-electron chi connectivity index (χ1n) is 8.71. The molecule has 3 N–H and O–H groups in total. The lowest BCUT2D eigenvalue weighted by molar-refractivity contribution is -0.117. The molecule has 2 aromatic rings. The largest absolute Gasteiger partial charge is 0.397 e. The molecule has 0 radical (unpaired) electrons. The molecule has 0 aromatic heterocycles. The maximum absolute atomic E-state index is 12.2. The number of nitrogens with one attached hydrogen (secondary N) is 1. The summed E-state index contributed by atoms with van der Waals surface area (Å²) in [6, 6.07) is 15.8. The maximum atomic E-state index is 12.2. The van der Waals surface area contributed by atoms with Gasteiger partial charge in [0.2, 0.25) is 5.91 Å². The van der Waals surface area contributed by atoms with Crippen molar-refractivity contribution in [3.63, 3.8) is 0 Å². The summed E-state index contributed by atoms with van der Waals surface area (Å²) < 4.78 is 0. The number of nitrogens with two attached hydrogens (primary N) is 1. The van der Waals surface area contributed by atoms with Crippen LogP contribution in [-0.4, -0.2) is 30.4 Å². The van der Waals surface area contributed by atoms with E-state index in [9.17, 15) is 4.79 Å². The molecule has 132 valence electrons. The molecule has 3 rings (SSSR count). The molecule has 1 heterocycles. The van der Waals surface area contributed by atoms with E-state index in [2.05, 4.69) is 40.5 Å². The number of carbonyl (C=O) groups is 1. The number of carbonyl (C=O) groups excluding carboxylic acids is 1. The van der Waals surface area contributed by atoms with Crippen molar-refractivity contribution in [2.75, 3.05) is 30.7 Å². The van der Waals surface area contributed by atoms with Gasteiger partial charge in [0.05, 0.1) is 17.3 Å². The minimum absolute atomic E-state index is 0.0109. The van der Waals surface area contributed by atoms with Gasteiger partial charge in [-0.1, -0.05) is 41.9 Å². The highest BCUT2D eigenvalue weighted by molar-refractivity contribution is 6.33. The zero-order chi connectivity index (χ0) is 17.6. The number of halogens is 1. The van der Waals surface area contributed by atoms with Crippen LogP contribution in [0.3, 0.4) is 0 Å². The Morgan fingerprint density at radius 3 is 2.56 bits per heavy atom. The fraction of sp³-hybridized carbons (Fsp3) is 0.350. The number of hydrogen-bond acceptors (Lipinski definition) is 3. The summed E-state index contributed by atoms with van der Waals surface area (Å²) in [5.41, 5.74) is 8.33. The van der Waals surface area contributed by atoms with Crippen molar-refractivity contribution in [1.29, 1.82) is 0 Å². The summed E-state index contributed by atoms with van der Waals surface area (Å²) in [6.45, 7) is 2.35. The highest BCUT2D eigenvalue weighted by atomic mass is 35.5. The van der Waals surface area contributed by atoms with Gasteiger partial charge < -0.3 is 11.1 Å². The quantitative estimate of drug-likeness (QED) is 0.800. The van der Waals surface area contributed by atoms with Gasteiger partial charge in [-0.2, -0.15) is 0 Å². The Morgan fingerprint density at radius 2 is 1.88 bits per heavy atom. The first-order valence-corrected chi connectivity index (χ1v) is 9.09. The van der Waals surface area contributed by atoms with E-state index in [-0.39, 0.29) is 5.91 Å². The van der Waals surface area contributed by atoms with E-state index >= 15 is 0 Å². The Morgan fingerprint density at radius 1 is 1.16 bits per heavy atom. The molecule has 25 heavy (non-hydrogen) atoms. The lowest BCUT2D eigenvalue weighted by Gasteiger charge is -2.31. The van der Waals surface area contributed by atoms with Crippen molar-refractivity contribution in [1.82, 2.24) is 4.90 Å². The van der Waals surface area contributed by atoms with Crippen molar-refractivity contribution < 1.29 is 4.79 Å². The standard InChI is InChI=1S/C20H24ClN3O/c21-18-7-6-17(13-19(18)22)23-20(25)14-24-10-8-16(9-11-24)12-15-4-2-1-3-5-15/h1-7,13,16H,8-12,14,22H2,(H,23,25). The van der Waals surface area contributed by atoms with E-state index in [0.29, 0.717) is 28.9 Å². The number of nitrogens with zero attached hydrogens (tertiary/aromatic N) is 1. The summed E-state index contributed by atoms with van der Waals surface area (Å²) in [5, 5.41) is 3.39. The molecular formula is C20H24ClN3O. The van der Waals surface area contributed by atoms with Gasteiger partial charge in [-0.15, -0.1) is 0 Å². The van der Waals surface area contributed by atoms with Crippen LogP contribution in [-0.2, 0) is 11.2 Å². The molecule has 1 amide bonds. The second-order valence-corrected chi connectivity index (χ2v) is 7.10. The molecule has 0 bridgehead atoms. The van der Waals surface area contributed by atoms with Gasteiger partial charge in [-0.25, -0.2) is 0 Å². The van der Waals surface area contributed by atoms with Crippen LogP contribution >= 0.6 is 11.6 Å². The molecule has 2 aromatic carbocycles. The summed E-state index contributed by atoms with van der Waals surface area (Å²) in [4.78, 5) is 14.4. The molecular weight excluding hydrogens is 334 g/mol. The first kappa shape index (κ1) is 17.8. The Bertz CT molecular complexity index is 712. The van der Waals surface area contributed by atoms with Gasteiger partial charge in [0.25, 0.3) is 0 Å². The second kappa shape index (κ2) is 8.37. The van der Waals surface area contributed by atoms with Gasteiger partial charge >= 0.3 is 0 Å². The van der Waals surface area contributed by atoms with E-state index < -0.39 is 0 Å². The average molecular weight is 358 g/mol.